The number of benzene rings is 1. The van der Waals surface area contributed by atoms with E-state index >= 15 is 0 Å². The van der Waals surface area contributed by atoms with Crippen LogP contribution in [-0.2, 0) is 10.2 Å². The molecule has 0 N–H and O–H groups in total. The molecule has 124 valence electrons. The molecule has 1 aliphatic heterocycles. The minimum absolute atomic E-state index is 0.249. The molecule has 1 aromatic heterocycles. The van der Waals surface area contributed by atoms with E-state index in [-0.39, 0.29) is 5.41 Å². The summed E-state index contributed by atoms with van der Waals surface area (Å²) in [6, 6.07) is 14.5. The zero-order valence-corrected chi connectivity index (χ0v) is 14.1. The second-order valence-corrected chi connectivity index (χ2v) is 6.92. The van der Waals surface area contributed by atoms with Crippen molar-refractivity contribution in [3.05, 3.63) is 59.8 Å². The second-order valence-electron chi connectivity index (χ2n) is 6.92. The third-order valence-corrected chi connectivity index (χ3v) is 5.30. The van der Waals surface area contributed by atoms with Gasteiger partial charge in [0.15, 0.2) is 0 Å². The topological polar surface area (TPSA) is 36.4 Å². The third kappa shape index (κ3) is 2.66. The van der Waals surface area contributed by atoms with Crippen molar-refractivity contribution < 1.29 is 4.79 Å². The Hall–Kier alpha value is -2.36. The van der Waals surface area contributed by atoms with Crippen molar-refractivity contribution in [3.63, 3.8) is 0 Å². The highest BCUT2D eigenvalue weighted by molar-refractivity contribution is 5.91. The fourth-order valence-electron chi connectivity index (χ4n) is 3.61. The Morgan fingerprint density at radius 2 is 1.71 bits per heavy atom. The number of carbonyl (C=O) groups is 1. The maximum Gasteiger partial charge on any atom is 0.233 e. The van der Waals surface area contributed by atoms with Crippen LogP contribution < -0.4 is 4.90 Å². The molecule has 2 aliphatic rings. The molecule has 2 fully saturated rings. The number of rotatable bonds is 3. The summed E-state index contributed by atoms with van der Waals surface area (Å²) in [5, 5.41) is 0. The lowest BCUT2D eigenvalue weighted by Crippen LogP contribution is -2.51. The molecule has 0 bridgehead atoms. The number of pyridine rings is 1. The van der Waals surface area contributed by atoms with Gasteiger partial charge in [0.2, 0.25) is 5.91 Å². The highest BCUT2D eigenvalue weighted by atomic mass is 16.2. The van der Waals surface area contributed by atoms with Gasteiger partial charge in [0.25, 0.3) is 0 Å². The van der Waals surface area contributed by atoms with E-state index in [1.807, 2.05) is 29.3 Å². The van der Waals surface area contributed by atoms with Crippen molar-refractivity contribution in [2.24, 2.45) is 0 Å². The van der Waals surface area contributed by atoms with Crippen LogP contribution in [0.2, 0.25) is 0 Å². The summed E-state index contributed by atoms with van der Waals surface area (Å²) < 4.78 is 0. The molecule has 4 nitrogen and oxygen atoms in total. The SMILES string of the molecule is Cc1ccc(C2(C(=O)N3CCN(c4ccccn4)CC3)CC2)cc1. The molecule has 1 saturated heterocycles. The van der Waals surface area contributed by atoms with Crippen molar-refractivity contribution in [2.75, 3.05) is 31.1 Å². The van der Waals surface area contributed by atoms with Crippen LogP contribution in [0.1, 0.15) is 24.0 Å². The molecule has 0 spiro atoms. The normalized spacial score (nSPS) is 19.2. The summed E-state index contributed by atoms with van der Waals surface area (Å²) in [5.74, 6) is 1.32. The van der Waals surface area contributed by atoms with Gasteiger partial charge in [0.05, 0.1) is 5.41 Å². The fraction of sp³-hybridized carbons (Fsp3) is 0.400. The predicted molar refractivity (Wildman–Crippen MR) is 95.1 cm³/mol. The molecule has 24 heavy (non-hydrogen) atoms. The molecule has 4 heteroatoms. The number of nitrogens with zero attached hydrogens (tertiary/aromatic N) is 3. The van der Waals surface area contributed by atoms with Crippen LogP contribution in [-0.4, -0.2) is 42.0 Å². The number of hydrogen-bond acceptors (Lipinski definition) is 3. The van der Waals surface area contributed by atoms with Crippen LogP contribution >= 0.6 is 0 Å². The van der Waals surface area contributed by atoms with Gasteiger partial charge in [-0.1, -0.05) is 35.9 Å². The first kappa shape index (κ1) is 15.2. The monoisotopic (exact) mass is 321 g/mol. The fourth-order valence-corrected chi connectivity index (χ4v) is 3.61. The van der Waals surface area contributed by atoms with Crippen LogP contribution in [0.25, 0.3) is 0 Å². The number of anilines is 1. The number of piperazine rings is 1. The Morgan fingerprint density at radius 1 is 1.00 bits per heavy atom. The summed E-state index contributed by atoms with van der Waals surface area (Å²) in [5.41, 5.74) is 2.18. The largest absolute Gasteiger partial charge is 0.353 e. The minimum Gasteiger partial charge on any atom is -0.353 e. The van der Waals surface area contributed by atoms with E-state index < -0.39 is 0 Å². The lowest BCUT2D eigenvalue weighted by molar-refractivity contribution is -0.134. The van der Waals surface area contributed by atoms with Gasteiger partial charge in [0, 0.05) is 32.4 Å². The number of aryl methyl sites for hydroxylation is 1. The smallest absolute Gasteiger partial charge is 0.233 e. The van der Waals surface area contributed by atoms with Gasteiger partial charge in [-0.2, -0.15) is 0 Å². The van der Waals surface area contributed by atoms with Gasteiger partial charge >= 0.3 is 0 Å². The molecular weight excluding hydrogens is 298 g/mol. The van der Waals surface area contributed by atoms with Gasteiger partial charge in [-0.05, 0) is 37.5 Å². The van der Waals surface area contributed by atoms with Gasteiger partial charge in [0.1, 0.15) is 5.82 Å². The molecule has 1 saturated carbocycles. The summed E-state index contributed by atoms with van der Waals surface area (Å²) in [6.45, 7) is 5.35. The van der Waals surface area contributed by atoms with Crippen LogP contribution in [0.4, 0.5) is 5.82 Å². The molecule has 0 radical (unpaired) electrons. The summed E-state index contributed by atoms with van der Waals surface area (Å²) in [6.07, 6.45) is 3.79. The number of hydrogen-bond donors (Lipinski definition) is 0. The summed E-state index contributed by atoms with van der Waals surface area (Å²) in [4.78, 5) is 21.8. The predicted octanol–water partition coefficient (Wildman–Crippen LogP) is 2.77. The maximum atomic E-state index is 13.1. The Morgan fingerprint density at radius 3 is 2.29 bits per heavy atom. The number of carbonyl (C=O) groups excluding carboxylic acids is 1. The Labute approximate surface area is 143 Å². The quantitative estimate of drug-likeness (QED) is 0.872. The highest BCUT2D eigenvalue weighted by Gasteiger charge is 2.53. The molecule has 4 rings (SSSR count). The average Bonchev–Trinajstić information content (AvgIpc) is 3.44. The van der Waals surface area contributed by atoms with Gasteiger partial charge < -0.3 is 9.80 Å². The van der Waals surface area contributed by atoms with E-state index in [9.17, 15) is 4.79 Å². The van der Waals surface area contributed by atoms with Crippen molar-refractivity contribution in [1.82, 2.24) is 9.88 Å². The van der Waals surface area contributed by atoms with Crippen molar-refractivity contribution in [2.45, 2.75) is 25.2 Å². The lowest BCUT2D eigenvalue weighted by atomic mass is 9.93. The molecule has 1 aromatic carbocycles. The first-order valence-corrected chi connectivity index (χ1v) is 8.72. The second kappa shape index (κ2) is 5.93. The molecule has 0 atom stereocenters. The zero-order chi connectivity index (χ0) is 16.6. The van der Waals surface area contributed by atoms with Crippen LogP contribution in [0.3, 0.4) is 0 Å². The Balaban J connectivity index is 1.44. The average molecular weight is 321 g/mol. The molecule has 2 heterocycles. The van der Waals surface area contributed by atoms with Crippen LogP contribution in [0, 0.1) is 6.92 Å². The minimum atomic E-state index is -0.249. The van der Waals surface area contributed by atoms with Crippen LogP contribution in [0.5, 0.6) is 0 Å². The van der Waals surface area contributed by atoms with Crippen molar-refractivity contribution >= 4 is 11.7 Å². The highest BCUT2D eigenvalue weighted by Crippen LogP contribution is 2.49. The molecule has 1 amide bonds. The molecule has 2 aromatic rings. The number of amides is 1. The van der Waals surface area contributed by atoms with Gasteiger partial charge in [-0.25, -0.2) is 4.98 Å². The van der Waals surface area contributed by atoms with E-state index in [2.05, 4.69) is 41.1 Å². The van der Waals surface area contributed by atoms with E-state index in [0.29, 0.717) is 5.91 Å². The van der Waals surface area contributed by atoms with E-state index in [1.165, 1.54) is 11.1 Å². The summed E-state index contributed by atoms with van der Waals surface area (Å²) in [7, 11) is 0. The number of aromatic nitrogens is 1. The van der Waals surface area contributed by atoms with E-state index in [4.69, 9.17) is 0 Å². The Bertz CT molecular complexity index is 714. The standard InChI is InChI=1S/C20H23N3O/c1-16-5-7-17(8-6-16)20(9-10-20)19(24)23-14-12-22(13-15-23)18-4-2-3-11-21-18/h2-8,11H,9-10,12-15H2,1H3. The van der Waals surface area contributed by atoms with Crippen molar-refractivity contribution in [1.29, 1.82) is 0 Å². The first-order chi connectivity index (χ1) is 11.7. The van der Waals surface area contributed by atoms with Gasteiger partial charge in [-0.15, -0.1) is 0 Å². The van der Waals surface area contributed by atoms with E-state index in [0.717, 1.165) is 44.8 Å². The van der Waals surface area contributed by atoms with Gasteiger partial charge in [-0.3, -0.25) is 4.79 Å². The molecule has 0 unspecified atom stereocenters. The van der Waals surface area contributed by atoms with E-state index in [1.54, 1.807) is 0 Å². The summed E-state index contributed by atoms with van der Waals surface area (Å²) >= 11 is 0. The van der Waals surface area contributed by atoms with Crippen LogP contribution in [0.15, 0.2) is 48.7 Å². The maximum absolute atomic E-state index is 13.1. The first-order valence-electron chi connectivity index (χ1n) is 8.72. The lowest BCUT2D eigenvalue weighted by Gasteiger charge is -2.37. The molecular formula is C20H23N3O. The zero-order valence-electron chi connectivity index (χ0n) is 14.1. The molecule has 1 aliphatic carbocycles. The van der Waals surface area contributed by atoms with Crippen molar-refractivity contribution in [3.8, 4) is 0 Å². The third-order valence-electron chi connectivity index (χ3n) is 5.30. The Kier molecular flexibility index (Phi) is 3.75.